The molecule has 0 N–H and O–H groups in total. The summed E-state index contributed by atoms with van der Waals surface area (Å²) < 4.78 is -0.156. The Morgan fingerprint density at radius 1 is 0.929 bits per heavy atom. The Hall–Kier alpha value is 1.22. The van der Waals surface area contributed by atoms with Gasteiger partial charge in [-0.25, -0.2) is 0 Å². The lowest BCUT2D eigenvalue weighted by Crippen LogP contribution is -2.30. The van der Waals surface area contributed by atoms with Crippen molar-refractivity contribution in [3.63, 3.8) is 0 Å². The summed E-state index contributed by atoms with van der Waals surface area (Å²) in [5.74, 6) is 0. The van der Waals surface area contributed by atoms with E-state index in [2.05, 4.69) is 34.6 Å². The molecule has 4 heteroatoms. The summed E-state index contributed by atoms with van der Waals surface area (Å²) in [5, 5.41) is 0. The first-order valence-corrected chi connectivity index (χ1v) is 9.11. The van der Waals surface area contributed by atoms with Gasteiger partial charge < -0.3 is 0 Å². The minimum atomic E-state index is -2.04. The zero-order valence-corrected chi connectivity index (χ0v) is 12.7. The molecule has 0 radical (unpaired) electrons. The second-order valence-electron chi connectivity index (χ2n) is 4.90. The fourth-order valence-corrected chi connectivity index (χ4v) is 3.86. The second-order valence-corrected chi connectivity index (χ2v) is 12.3. The van der Waals surface area contributed by atoms with Gasteiger partial charge in [0.1, 0.15) is 0 Å². The number of halogens is 3. The first-order valence-electron chi connectivity index (χ1n) is 5.00. The first kappa shape index (κ1) is 15.2. The Bertz CT molecular complexity index is 186. The van der Waals surface area contributed by atoms with Crippen molar-refractivity contribution in [2.75, 3.05) is 0 Å². The smallest absolute Gasteiger partial charge is 0.0364 e. The van der Waals surface area contributed by atoms with Crippen molar-refractivity contribution in [2.24, 2.45) is 5.41 Å². The van der Waals surface area contributed by atoms with Gasteiger partial charge in [0.25, 0.3) is 0 Å². The van der Waals surface area contributed by atoms with E-state index in [1.54, 1.807) is 0 Å². The molecule has 0 spiro atoms. The van der Waals surface area contributed by atoms with Gasteiger partial charge >= 0.3 is 0 Å². The van der Waals surface area contributed by atoms with Crippen molar-refractivity contribution in [2.45, 2.75) is 58.6 Å². The third kappa shape index (κ3) is 4.00. The van der Waals surface area contributed by atoms with Crippen LogP contribution >= 0.6 is 39.7 Å². The van der Waals surface area contributed by atoms with Gasteiger partial charge in [-0.05, 0) is 57.2 Å². The molecule has 0 aliphatic rings. The van der Waals surface area contributed by atoms with E-state index < -0.39 is 7.67 Å². The summed E-state index contributed by atoms with van der Waals surface area (Å²) in [6, 6.07) is 0. The Balaban J connectivity index is 4.74. The molecule has 0 fully saturated rings. The normalized spacial score (nSPS) is 19.1. The molecule has 0 saturated carbocycles. The lowest BCUT2D eigenvalue weighted by atomic mass is 9.80. The number of hydrogen-bond donors (Lipinski definition) is 0. The van der Waals surface area contributed by atoms with Gasteiger partial charge in [-0.15, -0.1) is 0 Å². The van der Waals surface area contributed by atoms with E-state index >= 15 is 0 Å². The van der Waals surface area contributed by atoms with Crippen LogP contribution in [0.15, 0.2) is 0 Å². The van der Waals surface area contributed by atoms with E-state index in [4.69, 9.17) is 32.0 Å². The molecule has 0 rings (SSSR count). The monoisotopic (exact) mass is 278 g/mol. The third-order valence-electron chi connectivity index (χ3n) is 3.12. The van der Waals surface area contributed by atoms with Crippen molar-refractivity contribution in [3.8, 4) is 0 Å². The molecule has 0 heterocycles. The second kappa shape index (κ2) is 5.03. The predicted octanol–water partition coefficient (Wildman–Crippen LogP) is 6.25. The molecular formula is C10H21Cl3S. The minimum Gasteiger partial charge on any atom is -0.0649 e. The highest BCUT2D eigenvalue weighted by molar-refractivity contribution is 8.79. The Morgan fingerprint density at radius 3 is 1.57 bits per heavy atom. The molecule has 1 unspecified atom stereocenters. The molecule has 0 aromatic heterocycles. The topological polar surface area (TPSA) is 0 Å². The largest absolute Gasteiger partial charge is 0.0649 e. The average Bonchev–Trinajstić information content (AvgIpc) is 2.01. The minimum absolute atomic E-state index is 0.156. The zero-order chi connectivity index (χ0) is 11.6. The standard InChI is InChI=1S/C10H21Cl3S/c1-6-9(3,4)8-10(5,7-2)14(11,12)13/h6-8H2,1-5H3. The van der Waals surface area contributed by atoms with E-state index in [-0.39, 0.29) is 10.2 Å². The maximum Gasteiger partial charge on any atom is 0.0364 e. The van der Waals surface area contributed by atoms with Crippen molar-refractivity contribution in [3.05, 3.63) is 0 Å². The Kier molecular flexibility index (Phi) is 5.47. The quantitative estimate of drug-likeness (QED) is 0.558. The van der Waals surface area contributed by atoms with E-state index in [0.717, 1.165) is 19.3 Å². The average molecular weight is 280 g/mol. The van der Waals surface area contributed by atoms with Crippen molar-refractivity contribution >= 4 is 39.7 Å². The van der Waals surface area contributed by atoms with Gasteiger partial charge in [0.2, 0.25) is 0 Å². The molecule has 1 atom stereocenters. The molecule has 88 valence electrons. The fourth-order valence-electron chi connectivity index (χ4n) is 1.51. The number of hydrogen-bond acceptors (Lipinski definition) is 0. The van der Waals surface area contributed by atoms with Crippen LogP contribution in [-0.2, 0) is 0 Å². The summed E-state index contributed by atoms with van der Waals surface area (Å²) in [6.45, 7) is 10.8. The molecule has 0 saturated heterocycles. The molecule has 0 aromatic carbocycles. The van der Waals surface area contributed by atoms with Crippen molar-refractivity contribution < 1.29 is 0 Å². The highest BCUT2D eigenvalue weighted by Crippen LogP contribution is 2.75. The van der Waals surface area contributed by atoms with Crippen LogP contribution in [0.1, 0.15) is 53.9 Å². The maximum absolute atomic E-state index is 6.12. The first-order chi connectivity index (χ1) is 6.08. The van der Waals surface area contributed by atoms with Crippen LogP contribution in [0.4, 0.5) is 0 Å². The summed E-state index contributed by atoms with van der Waals surface area (Å²) in [5.41, 5.74) is 0.252. The zero-order valence-electron chi connectivity index (χ0n) is 9.66. The lowest BCUT2D eigenvalue weighted by Gasteiger charge is -2.43. The summed E-state index contributed by atoms with van der Waals surface area (Å²) in [7, 11) is 16.3. The van der Waals surface area contributed by atoms with Gasteiger partial charge in [-0.3, -0.25) is 0 Å². The highest BCUT2D eigenvalue weighted by atomic mass is 36.2. The molecule has 0 aromatic rings. The summed E-state index contributed by atoms with van der Waals surface area (Å²) in [6.07, 6.45) is 3.00. The van der Waals surface area contributed by atoms with Crippen LogP contribution < -0.4 is 0 Å². The fraction of sp³-hybridized carbons (Fsp3) is 1.00. The maximum atomic E-state index is 6.12. The molecule has 0 nitrogen and oxygen atoms in total. The highest BCUT2D eigenvalue weighted by Gasteiger charge is 2.42. The van der Waals surface area contributed by atoms with E-state index in [1.807, 2.05) is 0 Å². The van der Waals surface area contributed by atoms with Crippen LogP contribution in [0.25, 0.3) is 0 Å². The van der Waals surface area contributed by atoms with Crippen molar-refractivity contribution in [1.82, 2.24) is 0 Å². The van der Waals surface area contributed by atoms with Gasteiger partial charge in [-0.2, -0.15) is 0 Å². The molecule has 0 aliphatic carbocycles. The molecule has 0 amide bonds. The van der Waals surface area contributed by atoms with Crippen LogP contribution in [-0.4, -0.2) is 4.75 Å². The van der Waals surface area contributed by atoms with E-state index in [9.17, 15) is 0 Å². The van der Waals surface area contributed by atoms with Crippen LogP contribution in [0.3, 0.4) is 0 Å². The Labute approximate surface area is 104 Å². The summed E-state index contributed by atoms with van der Waals surface area (Å²) >= 11 is 0. The molecule has 0 aliphatic heterocycles. The van der Waals surface area contributed by atoms with Crippen LogP contribution in [0, 0.1) is 5.41 Å². The molecule has 0 bridgehead atoms. The van der Waals surface area contributed by atoms with Crippen LogP contribution in [0.2, 0.25) is 0 Å². The molecular weight excluding hydrogens is 259 g/mol. The van der Waals surface area contributed by atoms with Crippen LogP contribution in [0.5, 0.6) is 0 Å². The van der Waals surface area contributed by atoms with Crippen molar-refractivity contribution in [1.29, 1.82) is 0 Å². The third-order valence-corrected chi connectivity index (χ3v) is 8.02. The van der Waals surface area contributed by atoms with E-state index in [1.165, 1.54) is 0 Å². The Morgan fingerprint density at radius 2 is 1.36 bits per heavy atom. The number of rotatable bonds is 5. The van der Waals surface area contributed by atoms with Gasteiger partial charge in [0.15, 0.2) is 0 Å². The SMILES string of the molecule is CCC(C)(C)CC(C)(CC)S(Cl)(Cl)Cl. The van der Waals surface area contributed by atoms with Gasteiger partial charge in [-0.1, -0.05) is 34.1 Å². The van der Waals surface area contributed by atoms with Gasteiger partial charge in [0.05, 0.1) is 0 Å². The van der Waals surface area contributed by atoms with E-state index in [0.29, 0.717) is 0 Å². The molecule has 14 heavy (non-hydrogen) atoms. The summed E-state index contributed by atoms with van der Waals surface area (Å²) in [4.78, 5) is 0. The lowest BCUT2D eigenvalue weighted by molar-refractivity contribution is 0.281. The predicted molar refractivity (Wildman–Crippen MR) is 72.5 cm³/mol. The van der Waals surface area contributed by atoms with Gasteiger partial charge in [0, 0.05) is 12.4 Å².